The summed E-state index contributed by atoms with van der Waals surface area (Å²) >= 11 is 14.4. The SMILES string of the molecule is COc1ccc([C@H]2C3=CC[C@@H]4C(=O)NC(=O)[C@@H]4[C@@H]3C[C@@]3(Cl)C(=O)N(c4ccc(F)cc4)C(=O)[C@@]23Cl)cc1O. The summed E-state index contributed by atoms with van der Waals surface area (Å²) in [6.07, 6.45) is 1.85. The van der Waals surface area contributed by atoms with Crippen LogP contribution in [0.4, 0.5) is 10.1 Å². The third kappa shape index (κ3) is 3.09. The number of phenols is 1. The first-order valence-corrected chi connectivity index (χ1v) is 12.7. The van der Waals surface area contributed by atoms with Gasteiger partial charge in [0.1, 0.15) is 5.82 Å². The molecule has 11 heteroatoms. The third-order valence-corrected chi connectivity index (χ3v) is 9.69. The number of fused-ring (bicyclic) bond motifs is 4. The predicted octanol–water partition coefficient (Wildman–Crippen LogP) is 3.39. The molecule has 0 unspecified atom stereocenters. The van der Waals surface area contributed by atoms with Crippen molar-refractivity contribution < 1.29 is 33.4 Å². The molecule has 6 atom stereocenters. The summed E-state index contributed by atoms with van der Waals surface area (Å²) in [5.41, 5.74) is 1.06. The maximum Gasteiger partial charge on any atom is 0.258 e. The van der Waals surface area contributed by atoms with E-state index in [0.717, 1.165) is 17.0 Å². The van der Waals surface area contributed by atoms with E-state index in [1.165, 1.54) is 31.4 Å². The van der Waals surface area contributed by atoms with Crippen molar-refractivity contribution in [3.63, 3.8) is 0 Å². The number of hydrogen-bond donors (Lipinski definition) is 2. The molecule has 6 rings (SSSR count). The Morgan fingerprint density at radius 3 is 2.39 bits per heavy atom. The van der Waals surface area contributed by atoms with Crippen LogP contribution in [0.15, 0.2) is 54.1 Å². The molecule has 2 aromatic rings. The molecule has 8 nitrogen and oxygen atoms in total. The second kappa shape index (κ2) is 8.28. The number of nitrogens with zero attached hydrogens (tertiary/aromatic N) is 1. The molecule has 2 saturated heterocycles. The lowest BCUT2D eigenvalue weighted by atomic mass is 9.56. The normalized spacial score (nSPS) is 33.9. The molecule has 2 N–H and O–H groups in total. The highest BCUT2D eigenvalue weighted by molar-refractivity contribution is 6.58. The van der Waals surface area contributed by atoms with Gasteiger partial charge in [-0.15, -0.1) is 23.2 Å². The predicted molar refractivity (Wildman–Crippen MR) is 134 cm³/mol. The molecule has 4 amide bonds. The van der Waals surface area contributed by atoms with Gasteiger partial charge in [-0.05, 0) is 60.7 Å². The third-order valence-electron chi connectivity index (χ3n) is 8.28. The van der Waals surface area contributed by atoms with Crippen LogP contribution < -0.4 is 15.0 Å². The molecule has 4 aliphatic rings. The van der Waals surface area contributed by atoms with E-state index in [4.69, 9.17) is 27.9 Å². The van der Waals surface area contributed by atoms with E-state index < -0.39 is 62.9 Å². The molecule has 2 aliphatic carbocycles. The molecule has 2 heterocycles. The van der Waals surface area contributed by atoms with Gasteiger partial charge in [-0.2, -0.15) is 0 Å². The number of benzene rings is 2. The van der Waals surface area contributed by atoms with Crippen molar-refractivity contribution >= 4 is 52.5 Å². The number of phenolic OH excluding ortho intramolecular Hbond substituents is 1. The zero-order valence-electron chi connectivity index (χ0n) is 19.9. The summed E-state index contributed by atoms with van der Waals surface area (Å²) in [5, 5.41) is 13.0. The summed E-state index contributed by atoms with van der Waals surface area (Å²) in [6, 6.07) is 9.28. The highest BCUT2D eigenvalue weighted by Gasteiger charge is 2.76. The maximum atomic E-state index is 14.1. The molecule has 1 saturated carbocycles. The van der Waals surface area contributed by atoms with Crippen molar-refractivity contribution in [1.82, 2.24) is 5.32 Å². The highest BCUT2D eigenvalue weighted by atomic mass is 35.5. The van der Waals surface area contributed by atoms with Crippen LogP contribution in [0.25, 0.3) is 0 Å². The first-order chi connectivity index (χ1) is 18.0. The Morgan fingerprint density at radius 1 is 1.03 bits per heavy atom. The first-order valence-electron chi connectivity index (χ1n) is 12.0. The quantitative estimate of drug-likeness (QED) is 0.339. The van der Waals surface area contributed by atoms with E-state index in [2.05, 4.69) is 5.32 Å². The minimum atomic E-state index is -2.06. The van der Waals surface area contributed by atoms with Crippen molar-refractivity contribution in [3.05, 3.63) is 65.5 Å². The number of methoxy groups -OCH3 is 1. The minimum absolute atomic E-state index is 0.0933. The molecule has 38 heavy (non-hydrogen) atoms. The molecule has 3 fully saturated rings. The lowest BCUT2D eigenvalue weighted by molar-refractivity contribution is -0.127. The lowest BCUT2D eigenvalue weighted by Gasteiger charge is -2.50. The fourth-order valence-electron chi connectivity index (χ4n) is 6.57. The van der Waals surface area contributed by atoms with Crippen LogP contribution in [0.1, 0.15) is 24.3 Å². The molecule has 0 radical (unpaired) electrons. The molecule has 0 bridgehead atoms. The Kier molecular flexibility index (Phi) is 5.42. The van der Waals surface area contributed by atoms with Crippen molar-refractivity contribution in [2.45, 2.75) is 28.5 Å². The molecule has 2 aliphatic heterocycles. The smallest absolute Gasteiger partial charge is 0.258 e. The van der Waals surface area contributed by atoms with E-state index in [9.17, 15) is 28.7 Å². The van der Waals surface area contributed by atoms with Gasteiger partial charge in [-0.1, -0.05) is 17.7 Å². The average Bonchev–Trinajstić information content (AvgIpc) is 3.26. The second-order valence-corrected chi connectivity index (χ2v) is 11.3. The van der Waals surface area contributed by atoms with Gasteiger partial charge < -0.3 is 9.84 Å². The maximum absolute atomic E-state index is 14.1. The molecule has 196 valence electrons. The lowest BCUT2D eigenvalue weighted by Crippen LogP contribution is -2.60. The average molecular weight is 559 g/mol. The molecule has 0 aromatic heterocycles. The number of imide groups is 2. The van der Waals surface area contributed by atoms with Crippen LogP contribution in [0.2, 0.25) is 0 Å². The monoisotopic (exact) mass is 558 g/mol. The summed E-state index contributed by atoms with van der Waals surface area (Å²) in [5.74, 6) is -6.22. The summed E-state index contributed by atoms with van der Waals surface area (Å²) in [6.45, 7) is 0. The number of anilines is 1. The Balaban J connectivity index is 1.57. The van der Waals surface area contributed by atoms with E-state index in [1.807, 2.05) is 0 Å². The zero-order valence-corrected chi connectivity index (χ0v) is 21.4. The number of carbonyl (C=O) groups excluding carboxylic acids is 4. The van der Waals surface area contributed by atoms with Crippen LogP contribution in [0.3, 0.4) is 0 Å². The molecular weight excluding hydrogens is 538 g/mol. The minimum Gasteiger partial charge on any atom is -0.504 e. The number of aromatic hydroxyl groups is 1. The second-order valence-electron chi connectivity index (χ2n) is 10.0. The number of alkyl halides is 2. The number of carbonyl (C=O) groups is 4. The van der Waals surface area contributed by atoms with E-state index in [0.29, 0.717) is 11.1 Å². The van der Waals surface area contributed by atoms with Gasteiger partial charge >= 0.3 is 0 Å². The number of nitrogens with one attached hydrogen (secondary N) is 1. The van der Waals surface area contributed by atoms with Crippen molar-refractivity contribution in [3.8, 4) is 11.5 Å². The van der Waals surface area contributed by atoms with Crippen LogP contribution in [0.5, 0.6) is 11.5 Å². The van der Waals surface area contributed by atoms with Crippen LogP contribution >= 0.6 is 23.2 Å². The molecule has 2 aromatic carbocycles. The topological polar surface area (TPSA) is 113 Å². The number of amides is 4. The van der Waals surface area contributed by atoms with Crippen molar-refractivity contribution in [1.29, 1.82) is 0 Å². The largest absolute Gasteiger partial charge is 0.504 e. The number of rotatable bonds is 3. The van der Waals surface area contributed by atoms with Crippen LogP contribution in [-0.4, -0.2) is 45.6 Å². The summed E-state index contributed by atoms with van der Waals surface area (Å²) in [4.78, 5) is 50.2. The molecule has 0 spiro atoms. The van der Waals surface area contributed by atoms with Crippen molar-refractivity contribution in [2.24, 2.45) is 17.8 Å². The number of hydrogen-bond acceptors (Lipinski definition) is 6. The van der Waals surface area contributed by atoms with Crippen LogP contribution in [-0.2, 0) is 19.2 Å². The number of allylic oxidation sites excluding steroid dienone is 2. The Bertz CT molecular complexity index is 1460. The standard InChI is InChI=1S/C27H21Cl2FN2O6/c1-38-19-9-2-12(10-18(19)33)21-15-7-8-16-20(23(35)31-22(16)34)17(15)11-26(28)24(36)32(25(37)27(21,26)29)14-5-3-13(30)4-6-14/h2-7,9-10,16-17,20-21,33H,8,11H2,1H3,(H,31,34,35)/t16-,17+,20-,21-,26+,27-/m0/s1. The van der Waals surface area contributed by atoms with Gasteiger partial charge in [-0.3, -0.25) is 24.5 Å². The Labute approximate surface area is 226 Å². The van der Waals surface area contributed by atoms with Gasteiger partial charge in [0.05, 0.1) is 24.6 Å². The van der Waals surface area contributed by atoms with Gasteiger partial charge in [-0.25, -0.2) is 9.29 Å². The van der Waals surface area contributed by atoms with E-state index in [1.54, 1.807) is 12.1 Å². The fraction of sp³-hybridized carbons (Fsp3) is 0.333. The van der Waals surface area contributed by atoms with Gasteiger partial charge in [0.25, 0.3) is 11.8 Å². The first kappa shape index (κ1) is 24.9. The van der Waals surface area contributed by atoms with Crippen molar-refractivity contribution in [2.75, 3.05) is 12.0 Å². The van der Waals surface area contributed by atoms with Gasteiger partial charge in [0.15, 0.2) is 21.2 Å². The summed E-state index contributed by atoms with van der Waals surface area (Å²) in [7, 11) is 1.39. The van der Waals surface area contributed by atoms with Gasteiger partial charge in [0.2, 0.25) is 11.8 Å². The van der Waals surface area contributed by atoms with E-state index in [-0.39, 0.29) is 30.0 Å². The number of halogens is 3. The summed E-state index contributed by atoms with van der Waals surface area (Å²) < 4.78 is 18.8. The number of ether oxygens (including phenoxy) is 1. The molecular formula is C27H21Cl2FN2O6. The van der Waals surface area contributed by atoms with E-state index >= 15 is 0 Å². The van der Waals surface area contributed by atoms with Gasteiger partial charge in [0, 0.05) is 5.92 Å². The highest BCUT2D eigenvalue weighted by Crippen LogP contribution is 2.65. The van der Waals surface area contributed by atoms with Crippen LogP contribution in [0, 0.1) is 23.6 Å². The fourth-order valence-corrected chi connectivity index (χ4v) is 7.51. The Hall–Kier alpha value is -3.43. The zero-order chi connectivity index (χ0) is 27.1. The Morgan fingerprint density at radius 2 is 1.74 bits per heavy atom.